The Labute approximate surface area is 148 Å². The van der Waals surface area contributed by atoms with E-state index in [4.69, 9.17) is 16.1 Å². The van der Waals surface area contributed by atoms with Gasteiger partial charge >= 0.3 is 0 Å². The van der Waals surface area contributed by atoms with Gasteiger partial charge in [-0.2, -0.15) is 4.98 Å². The van der Waals surface area contributed by atoms with Crippen molar-refractivity contribution in [3.8, 4) is 0 Å². The third kappa shape index (κ3) is 3.94. The van der Waals surface area contributed by atoms with E-state index in [1.165, 1.54) is 4.57 Å². The van der Waals surface area contributed by atoms with Crippen molar-refractivity contribution in [3.05, 3.63) is 74.5 Å². The van der Waals surface area contributed by atoms with Crippen molar-refractivity contribution >= 4 is 11.6 Å². The first kappa shape index (κ1) is 17.3. The Kier molecular flexibility index (Phi) is 4.96. The van der Waals surface area contributed by atoms with E-state index in [2.05, 4.69) is 15.1 Å². The number of rotatable bonds is 5. The van der Waals surface area contributed by atoms with E-state index < -0.39 is 6.10 Å². The highest BCUT2D eigenvalue weighted by atomic mass is 35.5. The summed E-state index contributed by atoms with van der Waals surface area (Å²) in [6.45, 7) is 3.60. The van der Waals surface area contributed by atoms with Gasteiger partial charge in [-0.3, -0.25) is 9.78 Å². The predicted molar refractivity (Wildman–Crippen MR) is 91.5 cm³/mol. The molecule has 3 rings (SSSR count). The van der Waals surface area contributed by atoms with Crippen molar-refractivity contribution < 1.29 is 9.63 Å². The van der Waals surface area contributed by atoms with Gasteiger partial charge < -0.3 is 14.2 Å². The molecule has 0 aliphatic carbocycles. The predicted octanol–water partition coefficient (Wildman–Crippen LogP) is 2.22. The lowest BCUT2D eigenvalue weighted by molar-refractivity contribution is 0.174. The fraction of sp³-hybridized carbons (Fsp3) is 0.294. The van der Waals surface area contributed by atoms with Crippen LogP contribution in [0.15, 0.2) is 39.8 Å². The summed E-state index contributed by atoms with van der Waals surface area (Å²) in [5.74, 6) is 0.669. The molecule has 0 radical (unpaired) electrons. The summed E-state index contributed by atoms with van der Waals surface area (Å²) >= 11 is 5.84. The molecule has 0 unspecified atom stereocenters. The number of aromatic nitrogens is 4. The molecular weight excluding hydrogens is 344 g/mol. The minimum absolute atomic E-state index is 0.165. The van der Waals surface area contributed by atoms with Crippen LogP contribution < -0.4 is 5.56 Å². The summed E-state index contributed by atoms with van der Waals surface area (Å²) in [5, 5.41) is 14.7. The molecule has 8 heteroatoms. The summed E-state index contributed by atoms with van der Waals surface area (Å²) in [7, 11) is 0. The Balaban J connectivity index is 1.74. The van der Waals surface area contributed by atoms with Crippen LogP contribution in [0.25, 0.3) is 0 Å². The topological polar surface area (TPSA) is 94.0 Å². The molecule has 1 aromatic carbocycles. The maximum Gasteiger partial charge on any atom is 0.272 e. The zero-order chi connectivity index (χ0) is 18.0. The van der Waals surface area contributed by atoms with E-state index >= 15 is 0 Å². The number of hydrogen-bond donors (Lipinski definition) is 1. The van der Waals surface area contributed by atoms with Crippen LogP contribution >= 0.6 is 11.6 Å². The fourth-order valence-electron chi connectivity index (χ4n) is 2.42. The molecule has 0 fully saturated rings. The smallest absolute Gasteiger partial charge is 0.272 e. The lowest BCUT2D eigenvalue weighted by Crippen LogP contribution is -2.26. The monoisotopic (exact) mass is 360 g/mol. The van der Waals surface area contributed by atoms with Crippen molar-refractivity contribution in [2.45, 2.75) is 32.9 Å². The van der Waals surface area contributed by atoms with Crippen molar-refractivity contribution in [1.29, 1.82) is 0 Å². The summed E-state index contributed by atoms with van der Waals surface area (Å²) in [4.78, 5) is 20.4. The lowest BCUT2D eigenvalue weighted by Gasteiger charge is -2.08. The molecule has 0 amide bonds. The van der Waals surface area contributed by atoms with Gasteiger partial charge in [-0.1, -0.05) is 28.9 Å². The molecule has 0 spiro atoms. The first-order valence-electron chi connectivity index (χ1n) is 7.72. The van der Waals surface area contributed by atoms with Crippen molar-refractivity contribution in [3.63, 3.8) is 0 Å². The molecule has 3 aromatic rings. The minimum Gasteiger partial charge on any atom is -0.388 e. The maximum absolute atomic E-state index is 12.2. The molecule has 1 atom stereocenters. The zero-order valence-corrected chi connectivity index (χ0v) is 14.6. The molecule has 7 nitrogen and oxygen atoms in total. The van der Waals surface area contributed by atoms with Gasteiger partial charge in [0.2, 0.25) is 5.89 Å². The average molecular weight is 361 g/mol. The standard InChI is InChI=1S/C17H17ClN4O3/c1-10-8-19-11(2)17(24)22(10)9-16-20-15(21-25-16)7-14(23)12-3-5-13(18)6-4-12/h3-6,8,14,23H,7,9H2,1-2H3/t14-/m0/s1. The number of aliphatic hydroxyl groups excluding tert-OH is 1. The molecule has 0 saturated carbocycles. The van der Waals surface area contributed by atoms with Crippen LogP contribution in [-0.4, -0.2) is 24.8 Å². The molecule has 2 heterocycles. The maximum atomic E-state index is 12.2. The van der Waals surface area contributed by atoms with E-state index in [9.17, 15) is 9.90 Å². The highest BCUT2D eigenvalue weighted by molar-refractivity contribution is 6.30. The minimum atomic E-state index is -0.768. The summed E-state index contributed by atoms with van der Waals surface area (Å²) in [6, 6.07) is 6.92. The largest absolute Gasteiger partial charge is 0.388 e. The fourth-order valence-corrected chi connectivity index (χ4v) is 2.54. The van der Waals surface area contributed by atoms with Crippen molar-refractivity contribution in [2.75, 3.05) is 0 Å². The average Bonchev–Trinajstić information content (AvgIpc) is 3.03. The Morgan fingerprint density at radius 1 is 1.28 bits per heavy atom. The number of aryl methyl sites for hydroxylation is 2. The van der Waals surface area contributed by atoms with Gasteiger partial charge in [0.05, 0.1) is 6.10 Å². The Morgan fingerprint density at radius 2 is 2.00 bits per heavy atom. The van der Waals surface area contributed by atoms with E-state index in [0.29, 0.717) is 33.7 Å². The number of nitrogens with zero attached hydrogens (tertiary/aromatic N) is 4. The summed E-state index contributed by atoms with van der Waals surface area (Å²) in [6.07, 6.45) is 1.06. The van der Waals surface area contributed by atoms with Crippen LogP contribution in [0.1, 0.15) is 34.8 Å². The van der Waals surface area contributed by atoms with Gasteiger partial charge in [0.15, 0.2) is 5.82 Å². The first-order chi connectivity index (χ1) is 11.9. The third-order valence-electron chi connectivity index (χ3n) is 3.86. The second-order valence-electron chi connectivity index (χ2n) is 5.75. The molecule has 1 N–H and O–H groups in total. The van der Waals surface area contributed by atoms with Gasteiger partial charge in [0.25, 0.3) is 5.56 Å². The summed E-state index contributed by atoms with van der Waals surface area (Å²) in [5.41, 5.74) is 1.63. The molecule has 130 valence electrons. The quantitative estimate of drug-likeness (QED) is 0.749. The molecule has 0 saturated heterocycles. The zero-order valence-electron chi connectivity index (χ0n) is 13.8. The molecule has 25 heavy (non-hydrogen) atoms. The van der Waals surface area contributed by atoms with Crippen LogP contribution in [0.5, 0.6) is 0 Å². The first-order valence-corrected chi connectivity index (χ1v) is 8.10. The van der Waals surface area contributed by atoms with Crippen LogP contribution in [0.2, 0.25) is 5.02 Å². The van der Waals surface area contributed by atoms with Crippen molar-refractivity contribution in [2.24, 2.45) is 0 Å². The van der Waals surface area contributed by atoms with E-state index in [1.54, 1.807) is 44.3 Å². The summed E-state index contributed by atoms with van der Waals surface area (Å²) < 4.78 is 6.72. The van der Waals surface area contributed by atoms with E-state index in [-0.39, 0.29) is 18.5 Å². The normalized spacial score (nSPS) is 12.3. The Hall–Kier alpha value is -2.51. The molecule has 0 bridgehead atoms. The third-order valence-corrected chi connectivity index (χ3v) is 4.11. The molecule has 0 aliphatic rings. The van der Waals surface area contributed by atoms with E-state index in [1.807, 2.05) is 0 Å². The second kappa shape index (κ2) is 7.16. The Morgan fingerprint density at radius 3 is 2.72 bits per heavy atom. The van der Waals surface area contributed by atoms with E-state index in [0.717, 1.165) is 0 Å². The Bertz CT molecular complexity index is 934. The van der Waals surface area contributed by atoms with Gasteiger partial charge in [-0.05, 0) is 31.5 Å². The second-order valence-corrected chi connectivity index (χ2v) is 6.19. The van der Waals surface area contributed by atoms with Gasteiger partial charge in [0, 0.05) is 23.3 Å². The van der Waals surface area contributed by atoms with Crippen LogP contribution in [0, 0.1) is 13.8 Å². The molecular formula is C17H17ClN4O3. The van der Waals surface area contributed by atoms with Crippen LogP contribution in [0.3, 0.4) is 0 Å². The lowest BCUT2D eigenvalue weighted by atomic mass is 10.1. The highest BCUT2D eigenvalue weighted by Crippen LogP contribution is 2.19. The SMILES string of the molecule is Cc1ncc(C)n(Cc2nc(C[C@H](O)c3ccc(Cl)cc3)no2)c1=O. The molecule has 2 aromatic heterocycles. The van der Waals surface area contributed by atoms with Gasteiger partial charge in [0.1, 0.15) is 12.2 Å². The van der Waals surface area contributed by atoms with Crippen molar-refractivity contribution in [1.82, 2.24) is 19.7 Å². The number of benzene rings is 1. The number of hydrogen-bond acceptors (Lipinski definition) is 6. The highest BCUT2D eigenvalue weighted by Gasteiger charge is 2.15. The van der Waals surface area contributed by atoms with Crippen LogP contribution in [-0.2, 0) is 13.0 Å². The molecule has 0 aliphatic heterocycles. The van der Waals surface area contributed by atoms with Gasteiger partial charge in [-0.25, -0.2) is 0 Å². The van der Waals surface area contributed by atoms with Gasteiger partial charge in [-0.15, -0.1) is 0 Å². The number of aliphatic hydroxyl groups is 1. The van der Waals surface area contributed by atoms with Crippen LogP contribution in [0.4, 0.5) is 0 Å². The number of halogens is 1.